The van der Waals surface area contributed by atoms with Gasteiger partial charge in [0.25, 0.3) is 0 Å². The van der Waals surface area contributed by atoms with Crippen LogP contribution in [0, 0.1) is 0 Å². The molecule has 0 saturated carbocycles. The maximum absolute atomic E-state index is 5.89. The molecular weight excluding hydrogens is 258 g/mol. The molecule has 2 aromatic rings. The van der Waals surface area contributed by atoms with E-state index < -0.39 is 0 Å². The van der Waals surface area contributed by atoms with E-state index in [1.165, 1.54) is 5.56 Å². The summed E-state index contributed by atoms with van der Waals surface area (Å²) in [5, 5.41) is 7.39. The second-order valence-corrected chi connectivity index (χ2v) is 5.01. The number of hydrogen-bond acceptors (Lipinski definition) is 4. The van der Waals surface area contributed by atoms with Gasteiger partial charge in [0.05, 0.1) is 13.7 Å². The Morgan fingerprint density at radius 2 is 2.16 bits per heavy atom. The smallest absolute Gasteiger partial charge is 0.127 e. The van der Waals surface area contributed by atoms with Crippen molar-refractivity contribution in [3.63, 3.8) is 0 Å². The van der Waals surface area contributed by atoms with E-state index >= 15 is 0 Å². The molecule has 0 amide bonds. The summed E-state index contributed by atoms with van der Waals surface area (Å²) in [7, 11) is 3.60. The summed E-state index contributed by atoms with van der Waals surface area (Å²) in [5.74, 6) is 1.72. The average Bonchev–Trinajstić information content (AvgIpc) is 2.94. The van der Waals surface area contributed by atoms with Crippen LogP contribution in [-0.2, 0) is 13.0 Å². The molecule has 1 aromatic carbocycles. The second-order valence-electron chi connectivity index (χ2n) is 4.23. The number of ether oxygens (including phenoxy) is 2. The molecular formula is C15H19NO2S. The van der Waals surface area contributed by atoms with Gasteiger partial charge in [0, 0.05) is 24.6 Å². The summed E-state index contributed by atoms with van der Waals surface area (Å²) < 4.78 is 11.1. The minimum Gasteiger partial charge on any atom is -0.497 e. The normalized spacial score (nSPS) is 10.4. The van der Waals surface area contributed by atoms with Crippen molar-refractivity contribution in [2.45, 2.75) is 13.0 Å². The predicted octanol–water partition coefficient (Wildman–Crippen LogP) is 3.10. The fraction of sp³-hybridized carbons (Fsp3) is 0.333. The minimum atomic E-state index is 0.681. The van der Waals surface area contributed by atoms with Gasteiger partial charge in [0.1, 0.15) is 11.5 Å². The highest BCUT2D eigenvalue weighted by Gasteiger charge is 2.05. The van der Waals surface area contributed by atoms with Crippen LogP contribution in [-0.4, -0.2) is 20.8 Å². The van der Waals surface area contributed by atoms with Gasteiger partial charge in [-0.25, -0.2) is 0 Å². The monoisotopic (exact) mass is 277 g/mol. The third kappa shape index (κ3) is 3.98. The van der Waals surface area contributed by atoms with Crippen molar-refractivity contribution in [1.82, 2.24) is 5.32 Å². The summed E-state index contributed by atoms with van der Waals surface area (Å²) in [4.78, 5) is 0. The predicted molar refractivity (Wildman–Crippen MR) is 79.3 cm³/mol. The molecule has 0 aliphatic heterocycles. The zero-order chi connectivity index (χ0) is 13.5. The van der Waals surface area contributed by atoms with E-state index in [-0.39, 0.29) is 0 Å². The van der Waals surface area contributed by atoms with Crippen molar-refractivity contribution in [2.24, 2.45) is 0 Å². The number of methoxy groups -OCH3 is 1. The molecule has 19 heavy (non-hydrogen) atoms. The lowest BCUT2D eigenvalue weighted by atomic mass is 10.2. The van der Waals surface area contributed by atoms with Crippen LogP contribution in [0.25, 0.3) is 0 Å². The molecule has 0 unspecified atom stereocenters. The zero-order valence-electron chi connectivity index (χ0n) is 11.3. The standard InChI is InChI=1S/C15H19NO2S/c1-16-10-13-3-4-14(17-2)9-15(13)18-7-5-12-6-8-19-11-12/h3-4,6,8-9,11,16H,5,7,10H2,1-2H3. The maximum Gasteiger partial charge on any atom is 0.127 e. The van der Waals surface area contributed by atoms with Crippen LogP contribution in [0.4, 0.5) is 0 Å². The highest BCUT2D eigenvalue weighted by molar-refractivity contribution is 7.07. The number of benzene rings is 1. The first kappa shape index (κ1) is 13.9. The third-order valence-corrected chi connectivity index (χ3v) is 3.60. The van der Waals surface area contributed by atoms with Crippen LogP contribution >= 0.6 is 11.3 Å². The quantitative estimate of drug-likeness (QED) is 0.843. The van der Waals surface area contributed by atoms with Crippen LogP contribution in [0.15, 0.2) is 35.0 Å². The molecule has 0 spiro atoms. The molecule has 0 radical (unpaired) electrons. The van der Waals surface area contributed by atoms with Crippen molar-refractivity contribution in [3.05, 3.63) is 46.2 Å². The molecule has 4 heteroatoms. The zero-order valence-corrected chi connectivity index (χ0v) is 12.1. The molecule has 1 aromatic heterocycles. The van der Waals surface area contributed by atoms with E-state index in [0.29, 0.717) is 6.61 Å². The van der Waals surface area contributed by atoms with Crippen LogP contribution < -0.4 is 14.8 Å². The van der Waals surface area contributed by atoms with Crippen molar-refractivity contribution < 1.29 is 9.47 Å². The van der Waals surface area contributed by atoms with Crippen LogP contribution in [0.5, 0.6) is 11.5 Å². The van der Waals surface area contributed by atoms with Gasteiger partial charge in [-0.2, -0.15) is 11.3 Å². The van der Waals surface area contributed by atoms with E-state index in [1.54, 1.807) is 18.4 Å². The van der Waals surface area contributed by atoms with E-state index in [1.807, 2.05) is 25.2 Å². The Morgan fingerprint density at radius 1 is 1.26 bits per heavy atom. The number of nitrogens with one attached hydrogen (secondary N) is 1. The van der Waals surface area contributed by atoms with Gasteiger partial charge in [-0.05, 0) is 35.5 Å². The Balaban J connectivity index is 2.00. The first-order valence-corrected chi connectivity index (χ1v) is 7.23. The highest BCUT2D eigenvalue weighted by Crippen LogP contribution is 2.25. The van der Waals surface area contributed by atoms with Gasteiger partial charge in [0.15, 0.2) is 0 Å². The topological polar surface area (TPSA) is 30.5 Å². The Morgan fingerprint density at radius 3 is 2.84 bits per heavy atom. The van der Waals surface area contributed by atoms with Crippen LogP contribution in [0.1, 0.15) is 11.1 Å². The second kappa shape index (κ2) is 7.16. The molecule has 0 bridgehead atoms. The molecule has 1 N–H and O–H groups in total. The highest BCUT2D eigenvalue weighted by atomic mass is 32.1. The number of rotatable bonds is 7. The molecule has 0 aliphatic carbocycles. The van der Waals surface area contributed by atoms with Crippen molar-refractivity contribution in [3.8, 4) is 11.5 Å². The lowest BCUT2D eigenvalue weighted by Crippen LogP contribution is -2.09. The van der Waals surface area contributed by atoms with Crippen molar-refractivity contribution in [2.75, 3.05) is 20.8 Å². The maximum atomic E-state index is 5.89. The van der Waals surface area contributed by atoms with Gasteiger partial charge in [0.2, 0.25) is 0 Å². The van der Waals surface area contributed by atoms with E-state index in [0.717, 1.165) is 30.0 Å². The van der Waals surface area contributed by atoms with Gasteiger partial charge in [-0.3, -0.25) is 0 Å². The molecule has 2 rings (SSSR count). The summed E-state index contributed by atoms with van der Waals surface area (Å²) >= 11 is 1.72. The fourth-order valence-corrected chi connectivity index (χ4v) is 2.55. The fourth-order valence-electron chi connectivity index (χ4n) is 1.85. The molecule has 0 atom stereocenters. The Kier molecular flexibility index (Phi) is 5.24. The first-order chi connectivity index (χ1) is 9.33. The Bertz CT molecular complexity index is 497. The largest absolute Gasteiger partial charge is 0.497 e. The summed E-state index contributed by atoms with van der Waals surface area (Å²) in [6.45, 7) is 1.47. The van der Waals surface area contributed by atoms with Gasteiger partial charge in [-0.15, -0.1) is 0 Å². The lowest BCUT2D eigenvalue weighted by Gasteiger charge is -2.12. The Hall–Kier alpha value is -1.52. The van der Waals surface area contributed by atoms with Gasteiger partial charge in [-0.1, -0.05) is 6.07 Å². The van der Waals surface area contributed by atoms with E-state index in [2.05, 4.69) is 22.1 Å². The van der Waals surface area contributed by atoms with Crippen LogP contribution in [0.3, 0.4) is 0 Å². The van der Waals surface area contributed by atoms with Crippen molar-refractivity contribution >= 4 is 11.3 Å². The Labute approximate surface area is 118 Å². The molecule has 3 nitrogen and oxygen atoms in total. The van der Waals surface area contributed by atoms with Crippen LogP contribution in [0.2, 0.25) is 0 Å². The summed E-state index contributed by atoms with van der Waals surface area (Å²) in [5.41, 5.74) is 2.47. The van der Waals surface area contributed by atoms with Gasteiger partial charge >= 0.3 is 0 Å². The van der Waals surface area contributed by atoms with E-state index in [9.17, 15) is 0 Å². The first-order valence-electron chi connectivity index (χ1n) is 6.29. The number of thiophene rings is 1. The molecule has 0 aliphatic rings. The van der Waals surface area contributed by atoms with E-state index in [4.69, 9.17) is 9.47 Å². The molecule has 0 saturated heterocycles. The van der Waals surface area contributed by atoms with Crippen molar-refractivity contribution in [1.29, 1.82) is 0 Å². The van der Waals surface area contributed by atoms with Gasteiger partial charge < -0.3 is 14.8 Å². The molecule has 102 valence electrons. The summed E-state index contributed by atoms with van der Waals surface area (Å²) in [6, 6.07) is 8.07. The third-order valence-electron chi connectivity index (χ3n) is 2.87. The SMILES string of the molecule is CNCc1ccc(OC)cc1OCCc1ccsc1. The lowest BCUT2D eigenvalue weighted by molar-refractivity contribution is 0.315. The summed E-state index contributed by atoms with van der Waals surface area (Å²) in [6.07, 6.45) is 0.930. The molecule has 0 fully saturated rings. The number of hydrogen-bond donors (Lipinski definition) is 1. The minimum absolute atomic E-state index is 0.681. The average molecular weight is 277 g/mol. The molecule has 1 heterocycles.